The number of fused-ring (bicyclic) bond motifs is 1. The Labute approximate surface area is 323 Å². The highest BCUT2D eigenvalue weighted by Crippen LogP contribution is 2.35. The first-order valence-corrected chi connectivity index (χ1v) is 20.4. The van der Waals surface area contributed by atoms with Crippen LogP contribution in [0, 0.1) is 23.2 Å². The van der Waals surface area contributed by atoms with Crippen LogP contribution in [0.2, 0.25) is 0 Å². The van der Waals surface area contributed by atoms with Crippen molar-refractivity contribution >= 4 is 41.1 Å². The van der Waals surface area contributed by atoms with Crippen molar-refractivity contribution in [3.63, 3.8) is 0 Å². The first kappa shape index (κ1) is 38.9. The number of amides is 4. The Hall–Kier alpha value is -4.82. The number of piperidine rings is 1. The van der Waals surface area contributed by atoms with Crippen LogP contribution < -0.4 is 20.3 Å². The topological polar surface area (TPSA) is 132 Å². The van der Waals surface area contributed by atoms with Gasteiger partial charge in [-0.1, -0.05) is 72.8 Å². The summed E-state index contributed by atoms with van der Waals surface area (Å²) in [6.07, 6.45) is 6.73. The molecule has 3 aromatic carbocycles. The number of para-hydroxylation sites is 2. The Kier molecular flexibility index (Phi) is 13.7. The van der Waals surface area contributed by atoms with E-state index < -0.39 is 30.0 Å². The lowest BCUT2D eigenvalue weighted by Crippen LogP contribution is -2.55. The number of methoxy groups -OCH3 is 1. The number of carbonyl (C=O) groups is 4. The molecule has 3 heterocycles. The molecule has 2 N–H and O–H groups in total. The van der Waals surface area contributed by atoms with Crippen LogP contribution in [0.5, 0.6) is 5.75 Å². The molecule has 3 aliphatic heterocycles. The lowest BCUT2D eigenvalue weighted by atomic mass is 9.86. The van der Waals surface area contributed by atoms with Gasteiger partial charge in [0.2, 0.25) is 23.6 Å². The maximum atomic E-state index is 14.3. The fourth-order valence-corrected chi connectivity index (χ4v) is 9.39. The zero-order valence-electron chi connectivity index (χ0n) is 31.0. The molecule has 0 saturated carbocycles. The Morgan fingerprint density at radius 2 is 1.37 bits per heavy atom. The lowest BCUT2D eigenvalue weighted by Gasteiger charge is -2.38. The fourth-order valence-electron chi connectivity index (χ4n) is 8.01. The highest BCUT2D eigenvalue weighted by Gasteiger charge is 2.41. The Balaban J connectivity index is 1.20. The van der Waals surface area contributed by atoms with Gasteiger partial charge in [0.05, 0.1) is 24.2 Å². The predicted molar refractivity (Wildman–Crippen MR) is 211 cm³/mol. The van der Waals surface area contributed by atoms with E-state index in [9.17, 15) is 24.4 Å². The first-order chi connectivity index (χ1) is 26.4. The van der Waals surface area contributed by atoms with Gasteiger partial charge >= 0.3 is 0 Å². The molecule has 284 valence electrons. The number of anilines is 1. The SMILES string of the molecule is COc1ccccc1N1CCCCC(NC(=O)C(CCC(Cc2ccccc2)C(=O)NC2CCSC3CCCC(C#N)N3C2=O)Cc2ccccc2)C1=O. The van der Waals surface area contributed by atoms with Crippen molar-refractivity contribution in [1.82, 2.24) is 15.5 Å². The summed E-state index contributed by atoms with van der Waals surface area (Å²) in [5, 5.41) is 16.0. The average Bonchev–Trinajstić information content (AvgIpc) is 3.48. The minimum absolute atomic E-state index is 0.0441. The van der Waals surface area contributed by atoms with Gasteiger partial charge < -0.3 is 25.2 Å². The summed E-state index contributed by atoms with van der Waals surface area (Å²) >= 11 is 1.69. The van der Waals surface area contributed by atoms with E-state index >= 15 is 0 Å². The second-order valence-electron chi connectivity index (χ2n) is 14.6. The zero-order valence-corrected chi connectivity index (χ0v) is 31.8. The van der Waals surface area contributed by atoms with E-state index in [1.807, 2.05) is 84.9 Å². The molecule has 0 aromatic heterocycles. The van der Waals surface area contributed by atoms with Crippen LogP contribution in [-0.2, 0) is 32.0 Å². The van der Waals surface area contributed by atoms with E-state index in [2.05, 4.69) is 16.7 Å². The predicted octanol–water partition coefficient (Wildman–Crippen LogP) is 6.05. The summed E-state index contributed by atoms with van der Waals surface area (Å²) in [4.78, 5) is 59.8. The van der Waals surface area contributed by atoms with Crippen LogP contribution in [-0.4, -0.2) is 71.4 Å². The third-order valence-electron chi connectivity index (χ3n) is 10.9. The largest absolute Gasteiger partial charge is 0.495 e. The lowest BCUT2D eigenvalue weighted by molar-refractivity contribution is -0.140. The molecule has 4 amide bonds. The number of benzene rings is 3. The molecule has 3 fully saturated rings. The van der Waals surface area contributed by atoms with Crippen LogP contribution in [0.15, 0.2) is 84.9 Å². The van der Waals surface area contributed by atoms with E-state index in [-0.39, 0.29) is 29.0 Å². The molecule has 0 spiro atoms. The van der Waals surface area contributed by atoms with Gasteiger partial charge in [-0.2, -0.15) is 5.26 Å². The summed E-state index contributed by atoms with van der Waals surface area (Å²) in [7, 11) is 1.58. The third kappa shape index (κ3) is 9.64. The van der Waals surface area contributed by atoms with Crippen LogP contribution in [0.3, 0.4) is 0 Å². The molecule has 11 heteroatoms. The van der Waals surface area contributed by atoms with Crippen LogP contribution >= 0.6 is 11.8 Å². The van der Waals surface area contributed by atoms with Gasteiger partial charge in [0.15, 0.2) is 0 Å². The highest BCUT2D eigenvalue weighted by molar-refractivity contribution is 7.99. The number of nitrogens with zero attached hydrogens (tertiary/aromatic N) is 3. The molecule has 6 atom stereocenters. The molecule has 0 aliphatic carbocycles. The van der Waals surface area contributed by atoms with Crippen molar-refractivity contribution in [2.24, 2.45) is 11.8 Å². The number of carbonyl (C=O) groups excluding carboxylic acids is 4. The van der Waals surface area contributed by atoms with Crippen LogP contribution in [0.1, 0.15) is 68.9 Å². The third-order valence-corrected chi connectivity index (χ3v) is 12.3. The number of hydrogen-bond donors (Lipinski definition) is 2. The van der Waals surface area contributed by atoms with E-state index in [1.165, 1.54) is 0 Å². The van der Waals surface area contributed by atoms with Crippen molar-refractivity contribution in [2.75, 3.05) is 24.3 Å². The zero-order chi connectivity index (χ0) is 37.9. The van der Waals surface area contributed by atoms with Crippen molar-refractivity contribution in [3.05, 3.63) is 96.1 Å². The first-order valence-electron chi connectivity index (χ1n) is 19.3. The van der Waals surface area contributed by atoms with E-state index in [4.69, 9.17) is 4.74 Å². The van der Waals surface area contributed by atoms with Crippen molar-refractivity contribution in [2.45, 2.75) is 94.1 Å². The quantitative estimate of drug-likeness (QED) is 0.218. The van der Waals surface area contributed by atoms with Gasteiger partial charge in [-0.05, 0) is 99.6 Å². The van der Waals surface area contributed by atoms with Gasteiger partial charge in [-0.15, -0.1) is 11.8 Å². The number of nitriles is 1. The maximum absolute atomic E-state index is 14.3. The molecule has 3 saturated heterocycles. The van der Waals surface area contributed by atoms with E-state index in [0.717, 1.165) is 36.8 Å². The summed E-state index contributed by atoms with van der Waals surface area (Å²) in [6.45, 7) is 0.535. The monoisotopic (exact) mass is 749 g/mol. The minimum Gasteiger partial charge on any atom is -0.495 e. The Bertz CT molecular complexity index is 1790. The Morgan fingerprint density at radius 1 is 0.778 bits per heavy atom. The normalized spacial score (nSPS) is 22.8. The van der Waals surface area contributed by atoms with Gasteiger partial charge in [-0.3, -0.25) is 19.2 Å². The molecule has 6 rings (SSSR count). The van der Waals surface area contributed by atoms with Crippen LogP contribution in [0.25, 0.3) is 0 Å². The van der Waals surface area contributed by atoms with Crippen molar-refractivity contribution in [1.29, 1.82) is 5.26 Å². The molecule has 0 bridgehead atoms. The molecule has 0 radical (unpaired) electrons. The molecule has 3 aromatic rings. The van der Waals surface area contributed by atoms with Gasteiger partial charge in [0.25, 0.3) is 0 Å². The second-order valence-corrected chi connectivity index (χ2v) is 15.9. The highest BCUT2D eigenvalue weighted by atomic mass is 32.2. The summed E-state index contributed by atoms with van der Waals surface area (Å²) in [5.74, 6) is -0.475. The van der Waals surface area contributed by atoms with Crippen molar-refractivity contribution < 1.29 is 23.9 Å². The van der Waals surface area contributed by atoms with E-state index in [1.54, 1.807) is 28.7 Å². The van der Waals surface area contributed by atoms with Crippen molar-refractivity contribution in [3.8, 4) is 11.8 Å². The number of ether oxygens (including phenoxy) is 1. The van der Waals surface area contributed by atoms with Gasteiger partial charge in [0, 0.05) is 18.4 Å². The average molecular weight is 750 g/mol. The Morgan fingerprint density at radius 3 is 1.98 bits per heavy atom. The number of thioether (sulfide) groups is 1. The standard InChI is InChI=1S/C43H51N5O5S/c1-53-38-20-9-8-19-37(38)47-25-11-10-18-35(42(47)51)45-40(49)32(27-30-13-4-2-5-14-30)22-23-33(28-31-15-6-3-7-16-31)41(50)46-36-24-26-54-39-21-12-17-34(29-44)48(39)43(36)52/h2-9,13-16,19-20,32-36,39H,10-12,17-18,21-28H2,1H3,(H,45,49)(H,46,50). The summed E-state index contributed by atoms with van der Waals surface area (Å²) < 4.78 is 5.57. The minimum atomic E-state index is -0.710. The molecule has 3 aliphatic rings. The summed E-state index contributed by atoms with van der Waals surface area (Å²) in [6, 6.07) is 27.5. The van der Waals surface area contributed by atoms with Gasteiger partial charge in [0.1, 0.15) is 23.9 Å². The fraction of sp³-hybridized carbons (Fsp3) is 0.465. The second kappa shape index (κ2) is 19.0. The smallest absolute Gasteiger partial charge is 0.249 e. The number of rotatable bonds is 13. The number of hydrogen-bond acceptors (Lipinski definition) is 7. The maximum Gasteiger partial charge on any atom is 0.249 e. The van der Waals surface area contributed by atoms with Gasteiger partial charge in [-0.25, -0.2) is 0 Å². The molecule has 6 unspecified atom stereocenters. The molecular weight excluding hydrogens is 699 g/mol. The van der Waals surface area contributed by atoms with Crippen LogP contribution in [0.4, 0.5) is 5.69 Å². The molecule has 10 nitrogen and oxygen atoms in total. The summed E-state index contributed by atoms with van der Waals surface area (Å²) in [5.41, 5.74) is 2.67. The molecular formula is C43H51N5O5S. The van der Waals surface area contributed by atoms with E-state index in [0.29, 0.717) is 68.7 Å². The molecule has 54 heavy (non-hydrogen) atoms. The number of nitrogens with one attached hydrogen (secondary N) is 2.